The van der Waals surface area contributed by atoms with Crippen LogP contribution in [-0.4, -0.2) is 30.0 Å². The number of carbonyl (C=O) groups excluding carboxylic acids is 2. The highest BCUT2D eigenvalue weighted by molar-refractivity contribution is 6.13. The minimum atomic E-state index is -5.73. The van der Waals surface area contributed by atoms with Gasteiger partial charge in [0.25, 0.3) is 11.8 Å². The van der Waals surface area contributed by atoms with Crippen molar-refractivity contribution in [1.82, 2.24) is 10.3 Å². The number of hydrogen-bond acceptors (Lipinski definition) is 4. The monoisotopic (exact) mass is 515 g/mol. The van der Waals surface area contributed by atoms with Gasteiger partial charge in [0, 0.05) is 36.1 Å². The van der Waals surface area contributed by atoms with Crippen LogP contribution in [0.3, 0.4) is 0 Å². The van der Waals surface area contributed by atoms with Crippen molar-refractivity contribution >= 4 is 28.3 Å². The molecule has 1 aromatic heterocycles. The minimum Gasteiger partial charge on any atom is -0.457 e. The Balaban J connectivity index is 1.54. The van der Waals surface area contributed by atoms with Crippen LogP contribution < -0.4 is 15.4 Å². The fourth-order valence-corrected chi connectivity index (χ4v) is 3.51. The summed E-state index contributed by atoms with van der Waals surface area (Å²) >= 11 is 0. The lowest BCUT2D eigenvalue weighted by Crippen LogP contribution is -2.33. The van der Waals surface area contributed by atoms with E-state index >= 15 is 0 Å². The van der Waals surface area contributed by atoms with Crippen molar-refractivity contribution in [1.29, 1.82) is 0 Å². The minimum absolute atomic E-state index is 0.0493. The van der Waals surface area contributed by atoms with Gasteiger partial charge in [-0.1, -0.05) is 24.3 Å². The highest BCUT2D eigenvalue weighted by atomic mass is 19.4. The van der Waals surface area contributed by atoms with Gasteiger partial charge in [-0.15, -0.1) is 0 Å². The molecule has 6 nitrogen and oxygen atoms in total. The highest BCUT2D eigenvalue weighted by Crippen LogP contribution is 2.44. The van der Waals surface area contributed by atoms with E-state index < -0.39 is 23.6 Å². The van der Waals surface area contributed by atoms with Crippen LogP contribution >= 0.6 is 0 Å². The molecule has 3 aromatic carbocycles. The fraction of sp³-hybridized carbons (Fsp3) is 0.115. The number of hydrogen-bond donors (Lipinski definition) is 2. The van der Waals surface area contributed by atoms with E-state index in [-0.39, 0.29) is 22.9 Å². The van der Waals surface area contributed by atoms with Gasteiger partial charge in [0.05, 0.1) is 0 Å². The number of amides is 2. The first-order valence-electron chi connectivity index (χ1n) is 10.7. The molecule has 0 aliphatic rings. The number of pyridine rings is 1. The third kappa shape index (κ3) is 5.35. The summed E-state index contributed by atoms with van der Waals surface area (Å²) in [5.41, 5.74) is -0.755. The number of aromatic nitrogens is 1. The number of anilines is 1. The molecular weight excluding hydrogens is 497 g/mol. The zero-order valence-corrected chi connectivity index (χ0v) is 19.1. The van der Waals surface area contributed by atoms with Crippen LogP contribution in [0.25, 0.3) is 10.8 Å². The molecule has 0 aliphatic carbocycles. The lowest BCUT2D eigenvalue weighted by atomic mass is 10.0. The van der Waals surface area contributed by atoms with Crippen LogP contribution in [-0.2, 0) is 5.92 Å². The van der Waals surface area contributed by atoms with Crippen LogP contribution in [0.1, 0.15) is 26.4 Å². The molecule has 0 spiro atoms. The average Bonchev–Trinajstić information content (AvgIpc) is 2.87. The second-order valence-corrected chi connectivity index (χ2v) is 7.85. The molecule has 0 bridgehead atoms. The summed E-state index contributed by atoms with van der Waals surface area (Å²) in [5, 5.41) is 6.17. The number of fused-ring (bicyclic) bond motifs is 1. The van der Waals surface area contributed by atoms with E-state index in [1.165, 1.54) is 19.3 Å². The summed E-state index contributed by atoms with van der Waals surface area (Å²) in [6.45, 7) is 0. The largest absolute Gasteiger partial charge is 0.458 e. The summed E-state index contributed by atoms with van der Waals surface area (Å²) in [6, 6.07) is 16.1. The van der Waals surface area contributed by atoms with Gasteiger partial charge in [-0.3, -0.25) is 14.6 Å². The Morgan fingerprint density at radius 3 is 2.22 bits per heavy atom. The molecule has 0 saturated carbocycles. The molecule has 4 rings (SSSR count). The Morgan fingerprint density at radius 1 is 0.838 bits per heavy atom. The van der Waals surface area contributed by atoms with Crippen LogP contribution in [0, 0.1) is 0 Å². The second-order valence-electron chi connectivity index (χ2n) is 7.85. The molecule has 0 unspecified atom stereocenters. The lowest BCUT2D eigenvalue weighted by Gasteiger charge is -2.20. The molecule has 37 heavy (non-hydrogen) atoms. The summed E-state index contributed by atoms with van der Waals surface area (Å²) in [7, 11) is 1.48. The molecule has 190 valence electrons. The predicted octanol–water partition coefficient (Wildman–Crippen LogP) is 6.29. The number of benzene rings is 3. The molecule has 1 heterocycles. The van der Waals surface area contributed by atoms with Crippen LogP contribution in [0.15, 0.2) is 79.0 Å². The van der Waals surface area contributed by atoms with E-state index in [9.17, 15) is 31.5 Å². The first-order chi connectivity index (χ1) is 17.5. The number of carbonyl (C=O) groups is 2. The van der Waals surface area contributed by atoms with Gasteiger partial charge < -0.3 is 15.4 Å². The third-order valence-electron chi connectivity index (χ3n) is 5.38. The van der Waals surface area contributed by atoms with Crippen molar-refractivity contribution in [3.05, 3.63) is 95.8 Å². The topological polar surface area (TPSA) is 80.3 Å². The highest BCUT2D eigenvalue weighted by Gasteiger charge is 2.58. The number of nitrogens with zero attached hydrogens (tertiary/aromatic N) is 1. The molecule has 0 fully saturated rings. The quantitative estimate of drug-likeness (QED) is 0.296. The van der Waals surface area contributed by atoms with E-state index in [0.29, 0.717) is 34.4 Å². The fourth-order valence-electron chi connectivity index (χ4n) is 3.51. The molecule has 0 aliphatic heterocycles. The Kier molecular flexibility index (Phi) is 6.80. The van der Waals surface area contributed by atoms with Crippen molar-refractivity contribution in [2.75, 3.05) is 12.4 Å². The van der Waals surface area contributed by atoms with Crippen LogP contribution in [0.4, 0.5) is 27.6 Å². The Bertz CT molecular complexity index is 1470. The molecule has 0 saturated heterocycles. The summed E-state index contributed by atoms with van der Waals surface area (Å²) in [4.78, 5) is 28.6. The van der Waals surface area contributed by atoms with Gasteiger partial charge in [0.2, 0.25) is 0 Å². The Morgan fingerprint density at radius 2 is 1.54 bits per heavy atom. The maximum absolute atomic E-state index is 13.5. The van der Waals surface area contributed by atoms with Gasteiger partial charge in [-0.25, -0.2) is 0 Å². The normalized spacial score (nSPS) is 11.7. The molecular formula is C26H18F5N3O3. The van der Waals surface area contributed by atoms with Crippen molar-refractivity contribution < 1.29 is 36.3 Å². The van der Waals surface area contributed by atoms with E-state index in [1.54, 1.807) is 42.5 Å². The van der Waals surface area contributed by atoms with Crippen LogP contribution in [0.2, 0.25) is 0 Å². The molecule has 4 aromatic rings. The SMILES string of the molecule is CNC(=O)c1cc(Oc2ccc3c(C(=O)Nc4ccc(C(F)(F)C(F)(F)F)cc4)cccc3c2)ccn1. The van der Waals surface area contributed by atoms with Crippen molar-refractivity contribution in [2.24, 2.45) is 0 Å². The molecule has 2 amide bonds. The second kappa shape index (κ2) is 9.84. The predicted molar refractivity (Wildman–Crippen MR) is 126 cm³/mol. The number of alkyl halides is 5. The van der Waals surface area contributed by atoms with Gasteiger partial charge in [0.15, 0.2) is 0 Å². The summed E-state index contributed by atoms with van der Waals surface area (Å²) < 4.78 is 70.5. The smallest absolute Gasteiger partial charge is 0.457 e. The van der Waals surface area contributed by atoms with Gasteiger partial charge in [-0.05, 0) is 53.2 Å². The van der Waals surface area contributed by atoms with E-state index in [4.69, 9.17) is 4.74 Å². The first kappa shape index (κ1) is 25.5. The molecule has 0 atom stereocenters. The maximum Gasteiger partial charge on any atom is 0.458 e. The first-order valence-corrected chi connectivity index (χ1v) is 10.7. The van der Waals surface area contributed by atoms with Gasteiger partial charge in [-0.2, -0.15) is 22.0 Å². The lowest BCUT2D eigenvalue weighted by molar-refractivity contribution is -0.289. The number of rotatable bonds is 6. The summed E-state index contributed by atoms with van der Waals surface area (Å²) in [5.74, 6) is -5.16. The number of halogens is 5. The van der Waals surface area contributed by atoms with Crippen molar-refractivity contribution in [3.8, 4) is 11.5 Å². The third-order valence-corrected chi connectivity index (χ3v) is 5.38. The van der Waals surface area contributed by atoms with Gasteiger partial charge in [0.1, 0.15) is 17.2 Å². The van der Waals surface area contributed by atoms with Gasteiger partial charge >= 0.3 is 12.1 Å². The zero-order chi connectivity index (χ0) is 26.8. The van der Waals surface area contributed by atoms with E-state index in [1.807, 2.05) is 0 Å². The average molecular weight is 515 g/mol. The maximum atomic E-state index is 13.5. The molecule has 2 N–H and O–H groups in total. The Labute approximate surface area is 207 Å². The zero-order valence-electron chi connectivity index (χ0n) is 19.1. The van der Waals surface area contributed by atoms with Crippen LogP contribution in [0.5, 0.6) is 11.5 Å². The molecule has 0 radical (unpaired) electrons. The number of nitrogens with one attached hydrogen (secondary N) is 2. The van der Waals surface area contributed by atoms with Crippen molar-refractivity contribution in [3.63, 3.8) is 0 Å². The molecule has 11 heteroatoms. The van der Waals surface area contributed by atoms with E-state index in [2.05, 4.69) is 15.6 Å². The standard InChI is InChI=1S/C26H18F5N3O3/c1-32-24(36)22-14-19(11-12-33-22)37-18-9-10-20-15(13-18)3-2-4-21(20)23(35)34-17-7-5-16(6-8-17)25(27,28)26(29,30)31/h2-14H,1H3,(H,32,36)(H,34,35). The number of ether oxygens (including phenoxy) is 1. The van der Waals surface area contributed by atoms with E-state index in [0.717, 1.165) is 12.1 Å². The Hall–Kier alpha value is -4.54. The summed E-state index contributed by atoms with van der Waals surface area (Å²) in [6.07, 6.45) is -4.30. The van der Waals surface area contributed by atoms with Crippen molar-refractivity contribution in [2.45, 2.75) is 12.1 Å².